The number of nitrogens with two attached hydrogens (primary N) is 1. The van der Waals surface area contributed by atoms with Gasteiger partial charge in [0.15, 0.2) is 5.00 Å². The third-order valence-electron chi connectivity index (χ3n) is 3.71. The quantitative estimate of drug-likeness (QED) is 0.644. The van der Waals surface area contributed by atoms with Gasteiger partial charge in [-0.2, -0.15) is 4.31 Å². The molecule has 0 aliphatic carbocycles. The van der Waals surface area contributed by atoms with Crippen molar-refractivity contribution in [3.63, 3.8) is 0 Å². The highest BCUT2D eigenvalue weighted by Gasteiger charge is 2.39. The summed E-state index contributed by atoms with van der Waals surface area (Å²) in [5, 5.41) is 10.7. The molecule has 10 heteroatoms. The average Bonchev–Trinajstić information content (AvgIpc) is 2.93. The van der Waals surface area contributed by atoms with Crippen LogP contribution in [0, 0.1) is 16.0 Å². The Morgan fingerprint density at radius 2 is 2.10 bits per heavy atom. The fraction of sp³-hybridized carbons (Fsp3) is 0.636. The van der Waals surface area contributed by atoms with Gasteiger partial charge in [-0.25, -0.2) is 8.42 Å². The lowest BCUT2D eigenvalue weighted by molar-refractivity contribution is -0.383. The van der Waals surface area contributed by atoms with Gasteiger partial charge in [0.2, 0.25) is 0 Å². The molecule has 0 bridgehead atoms. The average molecular weight is 334 g/mol. The summed E-state index contributed by atoms with van der Waals surface area (Å²) in [6.45, 7) is 2.77. The van der Waals surface area contributed by atoms with E-state index in [0.717, 1.165) is 17.4 Å². The van der Waals surface area contributed by atoms with E-state index in [4.69, 9.17) is 5.73 Å². The van der Waals surface area contributed by atoms with Crippen LogP contribution in [-0.2, 0) is 10.0 Å². The van der Waals surface area contributed by atoms with E-state index in [1.165, 1.54) is 4.31 Å². The molecule has 2 atom stereocenters. The van der Waals surface area contributed by atoms with Crippen LogP contribution in [-0.4, -0.2) is 55.8 Å². The maximum atomic E-state index is 12.6. The SMILES string of the molecule is CC1CN(S(=O)(=O)c2cc([N+](=O)[O-])c(N)s2)CC1N(C)C. The minimum atomic E-state index is -3.73. The molecule has 0 amide bonds. The second-order valence-corrected chi connectivity index (χ2v) is 8.65. The number of anilines is 1. The Hall–Kier alpha value is -1.23. The van der Waals surface area contributed by atoms with Crippen LogP contribution in [0.15, 0.2) is 10.3 Å². The molecule has 1 fully saturated rings. The molecule has 2 N–H and O–H groups in total. The van der Waals surface area contributed by atoms with Crippen molar-refractivity contribution >= 4 is 32.0 Å². The standard InChI is InChI=1S/C11H18N4O4S2/c1-7-5-14(6-9(7)13(2)3)21(18,19)10-4-8(15(16)17)11(12)20-10/h4,7,9H,5-6,12H2,1-3H3. The van der Waals surface area contributed by atoms with Crippen LogP contribution in [0.25, 0.3) is 0 Å². The summed E-state index contributed by atoms with van der Waals surface area (Å²) in [7, 11) is 0.0835. The van der Waals surface area contributed by atoms with E-state index in [1.807, 2.05) is 25.9 Å². The van der Waals surface area contributed by atoms with Crippen molar-refractivity contribution in [1.29, 1.82) is 0 Å². The number of hydrogen-bond acceptors (Lipinski definition) is 7. The van der Waals surface area contributed by atoms with Gasteiger partial charge in [0.1, 0.15) is 4.21 Å². The van der Waals surface area contributed by atoms with Crippen molar-refractivity contribution in [1.82, 2.24) is 9.21 Å². The van der Waals surface area contributed by atoms with Crippen LogP contribution in [0.3, 0.4) is 0 Å². The lowest BCUT2D eigenvalue weighted by atomic mass is 10.1. The van der Waals surface area contributed by atoms with E-state index in [1.54, 1.807) is 0 Å². The lowest BCUT2D eigenvalue weighted by Gasteiger charge is -2.22. The summed E-state index contributed by atoms with van der Waals surface area (Å²) >= 11 is 0.740. The topological polar surface area (TPSA) is 110 Å². The molecule has 21 heavy (non-hydrogen) atoms. The third kappa shape index (κ3) is 2.89. The molecule has 8 nitrogen and oxygen atoms in total. The Labute approximate surface area is 127 Å². The number of rotatable bonds is 4. The van der Waals surface area contributed by atoms with Gasteiger partial charge >= 0.3 is 5.69 Å². The highest BCUT2D eigenvalue weighted by Crippen LogP contribution is 2.37. The van der Waals surface area contributed by atoms with E-state index in [0.29, 0.717) is 13.1 Å². The number of likely N-dealkylation sites (N-methyl/N-ethyl adjacent to an activating group) is 1. The Kier molecular flexibility index (Phi) is 4.24. The Morgan fingerprint density at radius 1 is 1.48 bits per heavy atom. The highest BCUT2D eigenvalue weighted by molar-refractivity contribution is 7.91. The van der Waals surface area contributed by atoms with Crippen LogP contribution in [0.4, 0.5) is 10.7 Å². The molecule has 1 aromatic heterocycles. The molecule has 1 aliphatic rings. The molecule has 2 heterocycles. The van der Waals surface area contributed by atoms with Gasteiger partial charge < -0.3 is 10.6 Å². The lowest BCUT2D eigenvalue weighted by Crippen LogP contribution is -2.35. The van der Waals surface area contributed by atoms with Crippen LogP contribution in [0.1, 0.15) is 6.92 Å². The fourth-order valence-corrected chi connectivity index (χ4v) is 5.47. The maximum Gasteiger partial charge on any atom is 0.304 e. The molecule has 0 aromatic carbocycles. The van der Waals surface area contributed by atoms with Crippen molar-refractivity contribution in [2.45, 2.75) is 17.2 Å². The predicted octanol–water partition coefficient (Wildman–Crippen LogP) is 0.809. The molecular formula is C11H18N4O4S2. The van der Waals surface area contributed by atoms with E-state index >= 15 is 0 Å². The van der Waals surface area contributed by atoms with E-state index in [2.05, 4.69) is 0 Å². The van der Waals surface area contributed by atoms with Gasteiger partial charge in [-0.15, -0.1) is 0 Å². The van der Waals surface area contributed by atoms with Crippen molar-refractivity contribution in [2.24, 2.45) is 5.92 Å². The zero-order valence-electron chi connectivity index (χ0n) is 12.0. The molecular weight excluding hydrogens is 316 g/mol. The van der Waals surface area contributed by atoms with Crippen molar-refractivity contribution in [3.8, 4) is 0 Å². The van der Waals surface area contributed by atoms with Crippen molar-refractivity contribution in [2.75, 3.05) is 32.9 Å². The summed E-state index contributed by atoms with van der Waals surface area (Å²) in [4.78, 5) is 12.1. The summed E-state index contributed by atoms with van der Waals surface area (Å²) in [5.74, 6) is 0.196. The van der Waals surface area contributed by atoms with Crippen LogP contribution >= 0.6 is 11.3 Å². The molecule has 0 spiro atoms. The Morgan fingerprint density at radius 3 is 2.52 bits per heavy atom. The number of nitrogen functional groups attached to an aromatic ring is 1. The predicted molar refractivity (Wildman–Crippen MR) is 80.8 cm³/mol. The van der Waals surface area contributed by atoms with Crippen molar-refractivity contribution in [3.05, 3.63) is 16.2 Å². The number of nitrogens with zero attached hydrogens (tertiary/aromatic N) is 3. The minimum Gasteiger partial charge on any atom is -0.385 e. The first-order valence-electron chi connectivity index (χ1n) is 6.35. The molecule has 0 saturated carbocycles. The van der Waals surface area contributed by atoms with Gasteiger partial charge in [-0.1, -0.05) is 18.3 Å². The van der Waals surface area contributed by atoms with Gasteiger partial charge in [-0.05, 0) is 20.0 Å². The molecule has 1 aromatic rings. The van der Waals surface area contributed by atoms with Gasteiger partial charge in [0, 0.05) is 25.2 Å². The smallest absolute Gasteiger partial charge is 0.304 e. The minimum absolute atomic E-state index is 0.0710. The molecule has 0 radical (unpaired) electrons. The molecule has 2 unspecified atom stereocenters. The van der Waals surface area contributed by atoms with E-state index in [-0.39, 0.29) is 26.9 Å². The summed E-state index contributed by atoms with van der Waals surface area (Å²) < 4.78 is 26.5. The summed E-state index contributed by atoms with van der Waals surface area (Å²) in [5.41, 5.74) is 5.17. The highest BCUT2D eigenvalue weighted by atomic mass is 32.2. The second-order valence-electron chi connectivity index (χ2n) is 5.40. The number of sulfonamides is 1. The van der Waals surface area contributed by atoms with Gasteiger partial charge in [-0.3, -0.25) is 10.1 Å². The number of nitro groups is 1. The second kappa shape index (κ2) is 5.52. The first kappa shape index (κ1) is 16.1. The van der Waals surface area contributed by atoms with Crippen molar-refractivity contribution < 1.29 is 13.3 Å². The first-order valence-corrected chi connectivity index (χ1v) is 8.60. The summed E-state index contributed by atoms with van der Waals surface area (Å²) in [6.07, 6.45) is 0. The monoisotopic (exact) mass is 334 g/mol. The normalized spacial score (nSPS) is 23.8. The number of thiophene rings is 1. The molecule has 2 rings (SSSR count). The van der Waals surface area contributed by atoms with Crippen LogP contribution < -0.4 is 5.73 Å². The van der Waals surface area contributed by atoms with Crippen LogP contribution in [0.2, 0.25) is 0 Å². The molecule has 1 aliphatic heterocycles. The third-order valence-corrected chi connectivity index (χ3v) is 6.95. The fourth-order valence-electron chi connectivity index (χ4n) is 2.54. The zero-order chi connectivity index (χ0) is 15.9. The number of hydrogen-bond donors (Lipinski definition) is 1. The van der Waals surface area contributed by atoms with Gasteiger partial charge in [0.25, 0.3) is 10.0 Å². The van der Waals surface area contributed by atoms with Gasteiger partial charge in [0.05, 0.1) is 4.92 Å². The maximum absolute atomic E-state index is 12.6. The summed E-state index contributed by atoms with van der Waals surface area (Å²) in [6, 6.07) is 1.18. The van der Waals surface area contributed by atoms with E-state index in [9.17, 15) is 18.5 Å². The molecule has 118 valence electrons. The first-order chi connectivity index (χ1) is 9.64. The molecule has 1 saturated heterocycles. The Balaban J connectivity index is 2.31. The Bertz CT molecular complexity index is 655. The zero-order valence-corrected chi connectivity index (χ0v) is 13.6. The van der Waals surface area contributed by atoms with E-state index < -0.39 is 14.9 Å². The largest absolute Gasteiger partial charge is 0.385 e. The van der Waals surface area contributed by atoms with Crippen LogP contribution in [0.5, 0.6) is 0 Å².